The van der Waals surface area contributed by atoms with Crippen molar-refractivity contribution in [2.24, 2.45) is 0 Å². The second-order valence-corrected chi connectivity index (χ2v) is 4.88. The lowest BCUT2D eigenvalue weighted by molar-refractivity contribution is -0.120. The van der Waals surface area contributed by atoms with E-state index in [4.69, 9.17) is 0 Å². The lowest BCUT2D eigenvalue weighted by Crippen LogP contribution is -2.28. The first kappa shape index (κ1) is 14.2. The molecule has 0 aliphatic carbocycles. The van der Waals surface area contributed by atoms with Crippen molar-refractivity contribution in [3.63, 3.8) is 0 Å². The highest BCUT2D eigenvalue weighted by molar-refractivity contribution is 5.78. The second kappa shape index (κ2) is 6.79. The van der Waals surface area contributed by atoms with Crippen molar-refractivity contribution in [3.05, 3.63) is 42.2 Å². The molecule has 1 amide bonds. The van der Waals surface area contributed by atoms with Crippen molar-refractivity contribution in [1.29, 1.82) is 0 Å². The van der Waals surface area contributed by atoms with Gasteiger partial charge in [-0.2, -0.15) is 0 Å². The van der Waals surface area contributed by atoms with E-state index in [0.29, 0.717) is 25.4 Å². The van der Waals surface area contributed by atoms with Crippen molar-refractivity contribution in [2.45, 2.75) is 32.7 Å². The fourth-order valence-corrected chi connectivity index (χ4v) is 1.94. The first-order valence-corrected chi connectivity index (χ1v) is 6.71. The van der Waals surface area contributed by atoms with Crippen LogP contribution in [0.2, 0.25) is 0 Å². The molecule has 0 fully saturated rings. The van der Waals surface area contributed by atoms with Gasteiger partial charge in [-0.15, -0.1) is 10.2 Å². The summed E-state index contributed by atoms with van der Waals surface area (Å²) in [5, 5.41) is 10.9. The smallest absolute Gasteiger partial charge is 0.224 e. The largest absolute Gasteiger partial charge is 0.355 e. The number of nitrogens with zero attached hydrogens (tertiary/aromatic N) is 4. The Morgan fingerprint density at radius 2 is 2.10 bits per heavy atom. The molecular weight excluding hydrogens is 254 g/mol. The molecule has 6 heteroatoms. The lowest BCUT2D eigenvalue weighted by atomic mass is 10.2. The van der Waals surface area contributed by atoms with Crippen molar-refractivity contribution in [1.82, 2.24) is 25.1 Å². The lowest BCUT2D eigenvalue weighted by Gasteiger charge is -2.10. The minimum absolute atomic E-state index is 0.00631. The molecule has 0 unspecified atom stereocenters. The topological polar surface area (TPSA) is 72.7 Å². The van der Waals surface area contributed by atoms with Crippen LogP contribution in [0.3, 0.4) is 0 Å². The van der Waals surface area contributed by atoms with Gasteiger partial charge in [0.1, 0.15) is 12.2 Å². The van der Waals surface area contributed by atoms with Crippen LogP contribution in [-0.2, 0) is 17.6 Å². The Morgan fingerprint density at radius 1 is 1.35 bits per heavy atom. The number of carbonyl (C=O) groups excluding carboxylic acids is 1. The Kier molecular flexibility index (Phi) is 4.81. The van der Waals surface area contributed by atoms with Crippen molar-refractivity contribution in [2.75, 3.05) is 6.54 Å². The molecule has 0 aliphatic rings. The Balaban J connectivity index is 1.78. The van der Waals surface area contributed by atoms with Crippen molar-refractivity contribution in [3.8, 4) is 0 Å². The molecule has 2 heterocycles. The minimum Gasteiger partial charge on any atom is -0.355 e. The highest BCUT2D eigenvalue weighted by Gasteiger charge is 2.08. The highest BCUT2D eigenvalue weighted by Crippen LogP contribution is 2.06. The van der Waals surface area contributed by atoms with Gasteiger partial charge in [-0.25, -0.2) is 0 Å². The van der Waals surface area contributed by atoms with Gasteiger partial charge in [0.05, 0.1) is 6.42 Å². The maximum absolute atomic E-state index is 11.8. The van der Waals surface area contributed by atoms with Crippen LogP contribution >= 0.6 is 0 Å². The monoisotopic (exact) mass is 273 g/mol. The zero-order valence-corrected chi connectivity index (χ0v) is 11.8. The molecule has 2 aromatic rings. The standard InChI is InChI=1S/C14H19N5O/c1-11(2)19-10-17-18-13(19)5-8-16-14(20)9-12-3-6-15-7-4-12/h3-4,6-7,10-11H,5,8-9H2,1-2H3,(H,16,20). The Hall–Kier alpha value is -2.24. The van der Waals surface area contributed by atoms with Gasteiger partial charge >= 0.3 is 0 Å². The molecule has 0 radical (unpaired) electrons. The Morgan fingerprint density at radius 3 is 2.80 bits per heavy atom. The fourth-order valence-electron chi connectivity index (χ4n) is 1.94. The van der Waals surface area contributed by atoms with E-state index in [1.165, 1.54) is 0 Å². The molecule has 2 aromatic heterocycles. The summed E-state index contributed by atoms with van der Waals surface area (Å²) in [4.78, 5) is 15.7. The molecule has 0 saturated heterocycles. The van der Waals surface area contributed by atoms with Crippen molar-refractivity contribution >= 4 is 5.91 Å². The zero-order valence-electron chi connectivity index (χ0n) is 11.8. The quantitative estimate of drug-likeness (QED) is 0.857. The van der Waals surface area contributed by atoms with Crippen LogP contribution in [0.15, 0.2) is 30.9 Å². The molecule has 0 bridgehead atoms. The average molecular weight is 273 g/mol. The predicted octanol–water partition coefficient (Wildman–Crippen LogP) is 1.16. The summed E-state index contributed by atoms with van der Waals surface area (Å²) < 4.78 is 2.01. The van der Waals surface area contributed by atoms with E-state index in [1.807, 2.05) is 16.7 Å². The SMILES string of the molecule is CC(C)n1cnnc1CCNC(=O)Cc1ccncc1. The van der Waals surface area contributed by atoms with E-state index < -0.39 is 0 Å². The van der Waals surface area contributed by atoms with E-state index in [1.54, 1.807) is 18.7 Å². The fraction of sp³-hybridized carbons (Fsp3) is 0.429. The first-order chi connectivity index (χ1) is 9.66. The van der Waals surface area contributed by atoms with Gasteiger partial charge in [-0.1, -0.05) is 0 Å². The van der Waals surface area contributed by atoms with Crippen LogP contribution in [0.5, 0.6) is 0 Å². The Labute approximate surface area is 118 Å². The van der Waals surface area contributed by atoms with Gasteiger partial charge in [-0.05, 0) is 31.5 Å². The average Bonchev–Trinajstić information content (AvgIpc) is 2.88. The van der Waals surface area contributed by atoms with Gasteiger partial charge in [0.25, 0.3) is 0 Å². The third-order valence-corrected chi connectivity index (χ3v) is 2.99. The number of hydrogen-bond acceptors (Lipinski definition) is 4. The highest BCUT2D eigenvalue weighted by atomic mass is 16.1. The van der Waals surface area contributed by atoms with Crippen LogP contribution in [0, 0.1) is 0 Å². The summed E-state index contributed by atoms with van der Waals surface area (Å²) in [5.41, 5.74) is 0.961. The third-order valence-electron chi connectivity index (χ3n) is 2.99. The van der Waals surface area contributed by atoms with Gasteiger partial charge in [0.15, 0.2) is 0 Å². The maximum atomic E-state index is 11.8. The van der Waals surface area contributed by atoms with Gasteiger partial charge < -0.3 is 9.88 Å². The van der Waals surface area contributed by atoms with Gasteiger partial charge in [0.2, 0.25) is 5.91 Å². The third kappa shape index (κ3) is 3.88. The molecular formula is C14H19N5O. The maximum Gasteiger partial charge on any atom is 0.224 e. The molecule has 0 spiro atoms. The summed E-state index contributed by atoms with van der Waals surface area (Å²) >= 11 is 0. The molecule has 106 valence electrons. The van der Waals surface area contributed by atoms with E-state index >= 15 is 0 Å². The van der Waals surface area contributed by atoms with E-state index in [-0.39, 0.29) is 5.91 Å². The van der Waals surface area contributed by atoms with Crippen LogP contribution in [0.25, 0.3) is 0 Å². The van der Waals surface area contributed by atoms with Crippen LogP contribution in [-0.4, -0.2) is 32.2 Å². The molecule has 0 atom stereocenters. The summed E-state index contributed by atoms with van der Waals surface area (Å²) in [5.74, 6) is 0.899. The van der Waals surface area contributed by atoms with Crippen LogP contribution < -0.4 is 5.32 Å². The molecule has 2 rings (SSSR count). The van der Waals surface area contributed by atoms with Gasteiger partial charge in [0, 0.05) is 31.4 Å². The summed E-state index contributed by atoms with van der Waals surface area (Å²) in [6.07, 6.45) is 6.15. The van der Waals surface area contributed by atoms with Crippen LogP contribution in [0.4, 0.5) is 0 Å². The molecule has 6 nitrogen and oxygen atoms in total. The molecule has 0 aromatic carbocycles. The molecule has 0 aliphatic heterocycles. The minimum atomic E-state index is 0.00631. The normalized spacial score (nSPS) is 10.8. The number of rotatable bonds is 6. The summed E-state index contributed by atoms with van der Waals surface area (Å²) in [6, 6.07) is 4.01. The summed E-state index contributed by atoms with van der Waals surface area (Å²) in [7, 11) is 0. The number of hydrogen-bond donors (Lipinski definition) is 1. The number of amides is 1. The van der Waals surface area contributed by atoms with E-state index in [0.717, 1.165) is 11.4 Å². The number of nitrogens with one attached hydrogen (secondary N) is 1. The molecule has 1 N–H and O–H groups in total. The van der Waals surface area contributed by atoms with Crippen LogP contribution in [0.1, 0.15) is 31.3 Å². The summed E-state index contributed by atoms with van der Waals surface area (Å²) in [6.45, 7) is 4.72. The first-order valence-electron chi connectivity index (χ1n) is 6.71. The van der Waals surface area contributed by atoms with Gasteiger partial charge in [-0.3, -0.25) is 9.78 Å². The van der Waals surface area contributed by atoms with Crippen molar-refractivity contribution < 1.29 is 4.79 Å². The Bertz CT molecular complexity index is 550. The number of aromatic nitrogens is 4. The second-order valence-electron chi connectivity index (χ2n) is 4.88. The van der Waals surface area contributed by atoms with E-state index in [2.05, 4.69) is 34.3 Å². The number of carbonyl (C=O) groups is 1. The molecule has 0 saturated carbocycles. The number of pyridine rings is 1. The van der Waals surface area contributed by atoms with E-state index in [9.17, 15) is 4.79 Å². The molecule has 20 heavy (non-hydrogen) atoms. The zero-order chi connectivity index (χ0) is 14.4. The predicted molar refractivity (Wildman–Crippen MR) is 75.1 cm³/mol.